The highest BCUT2D eigenvalue weighted by molar-refractivity contribution is 6.42. The predicted octanol–water partition coefficient (Wildman–Crippen LogP) is 2.31. The average molecular weight is 332 g/mol. The minimum atomic E-state index is -0.412. The maximum absolute atomic E-state index is 12.3. The van der Waals surface area contributed by atoms with Gasteiger partial charge in [-0.05, 0) is 18.6 Å². The van der Waals surface area contributed by atoms with Gasteiger partial charge in [0.2, 0.25) is 5.91 Å². The number of morpholine rings is 1. The van der Waals surface area contributed by atoms with Crippen LogP contribution >= 0.6 is 23.2 Å². The Bertz CT molecular complexity index is 525. The van der Waals surface area contributed by atoms with Crippen molar-refractivity contribution in [3.05, 3.63) is 22.2 Å². The third-order valence-electron chi connectivity index (χ3n) is 3.36. The summed E-state index contributed by atoms with van der Waals surface area (Å²) in [4.78, 5) is 14.2. The summed E-state index contributed by atoms with van der Waals surface area (Å²) < 4.78 is 5.43. The number of amides is 1. The van der Waals surface area contributed by atoms with Crippen LogP contribution in [0.25, 0.3) is 0 Å². The Morgan fingerprint density at radius 1 is 1.48 bits per heavy atom. The number of nitrogens with zero attached hydrogens (tertiary/aromatic N) is 1. The number of halogens is 2. The number of nitrogen functional groups attached to an aromatic ring is 1. The van der Waals surface area contributed by atoms with Gasteiger partial charge in [-0.1, -0.05) is 30.1 Å². The topological polar surface area (TPSA) is 67.6 Å². The van der Waals surface area contributed by atoms with Crippen LogP contribution in [0.2, 0.25) is 10.0 Å². The highest BCUT2D eigenvalue weighted by Gasteiger charge is 2.30. The van der Waals surface area contributed by atoms with E-state index in [9.17, 15) is 4.79 Å². The first-order chi connectivity index (χ1) is 10.0. The quantitative estimate of drug-likeness (QED) is 0.831. The first-order valence-electron chi connectivity index (χ1n) is 6.91. The van der Waals surface area contributed by atoms with Crippen molar-refractivity contribution in [2.45, 2.75) is 19.4 Å². The third kappa shape index (κ3) is 3.73. The molecule has 1 fully saturated rings. The molecule has 1 heterocycles. The van der Waals surface area contributed by atoms with Gasteiger partial charge in [-0.2, -0.15) is 0 Å². The summed E-state index contributed by atoms with van der Waals surface area (Å²) in [6, 6.07) is 2.89. The Hall–Kier alpha value is -1.17. The zero-order chi connectivity index (χ0) is 15.4. The van der Waals surface area contributed by atoms with Crippen LogP contribution in [0.1, 0.15) is 13.3 Å². The lowest BCUT2D eigenvalue weighted by molar-refractivity contribution is -0.124. The van der Waals surface area contributed by atoms with E-state index in [0.29, 0.717) is 47.7 Å². The molecule has 7 heteroatoms. The molecule has 5 nitrogen and oxygen atoms in total. The van der Waals surface area contributed by atoms with Crippen molar-refractivity contribution in [3.63, 3.8) is 0 Å². The van der Waals surface area contributed by atoms with E-state index in [1.54, 1.807) is 12.1 Å². The molecule has 0 saturated carbocycles. The second-order valence-corrected chi connectivity index (χ2v) is 5.71. The molecule has 0 aliphatic carbocycles. The number of nitrogens with two attached hydrogens (primary N) is 1. The number of carbonyl (C=O) groups is 1. The van der Waals surface area contributed by atoms with Gasteiger partial charge in [-0.15, -0.1) is 0 Å². The maximum Gasteiger partial charge on any atom is 0.245 e. The lowest BCUT2D eigenvalue weighted by Gasteiger charge is -2.37. The summed E-state index contributed by atoms with van der Waals surface area (Å²) in [5.41, 5.74) is 7.24. The summed E-state index contributed by atoms with van der Waals surface area (Å²) >= 11 is 12.0. The van der Waals surface area contributed by atoms with E-state index >= 15 is 0 Å². The van der Waals surface area contributed by atoms with E-state index in [1.807, 2.05) is 11.8 Å². The molecule has 0 radical (unpaired) electrons. The highest BCUT2D eigenvalue weighted by Crippen LogP contribution is 2.34. The highest BCUT2D eigenvalue weighted by atomic mass is 35.5. The molecule has 0 spiro atoms. The molecule has 116 valence electrons. The monoisotopic (exact) mass is 331 g/mol. The molecule has 1 unspecified atom stereocenters. The Balaban J connectivity index is 2.26. The molecule has 1 aromatic rings. The zero-order valence-electron chi connectivity index (χ0n) is 11.9. The van der Waals surface area contributed by atoms with Crippen molar-refractivity contribution in [1.82, 2.24) is 5.32 Å². The van der Waals surface area contributed by atoms with Crippen molar-refractivity contribution in [1.29, 1.82) is 0 Å². The number of benzene rings is 1. The Labute approximate surface area is 134 Å². The number of nitrogens with one attached hydrogen (secondary N) is 1. The van der Waals surface area contributed by atoms with Gasteiger partial charge in [0.1, 0.15) is 6.04 Å². The summed E-state index contributed by atoms with van der Waals surface area (Å²) in [6.07, 6.45) is 0.883. The van der Waals surface area contributed by atoms with Gasteiger partial charge in [0, 0.05) is 13.1 Å². The summed E-state index contributed by atoms with van der Waals surface area (Å²) in [6.45, 7) is 4.09. The normalized spacial score (nSPS) is 18.6. The largest absolute Gasteiger partial charge is 0.397 e. The Morgan fingerprint density at radius 3 is 2.90 bits per heavy atom. The number of ether oxygens (including phenoxy) is 1. The fourth-order valence-electron chi connectivity index (χ4n) is 2.28. The van der Waals surface area contributed by atoms with Crippen LogP contribution in [0.5, 0.6) is 0 Å². The zero-order valence-corrected chi connectivity index (χ0v) is 13.4. The van der Waals surface area contributed by atoms with Crippen molar-refractivity contribution < 1.29 is 9.53 Å². The fourth-order valence-corrected chi connectivity index (χ4v) is 2.61. The smallest absolute Gasteiger partial charge is 0.245 e. The molecule has 0 bridgehead atoms. The van der Waals surface area contributed by atoms with E-state index < -0.39 is 6.04 Å². The van der Waals surface area contributed by atoms with Gasteiger partial charge < -0.3 is 20.7 Å². The van der Waals surface area contributed by atoms with Crippen molar-refractivity contribution in [2.24, 2.45) is 0 Å². The molecule has 1 saturated heterocycles. The van der Waals surface area contributed by atoms with Gasteiger partial charge in [0.15, 0.2) is 0 Å². The first kappa shape index (κ1) is 16.2. The average Bonchev–Trinajstić information content (AvgIpc) is 2.48. The SMILES string of the molecule is CCCNC(=O)C1COCCN1c1cc(Cl)c(Cl)cc1N. The molecule has 3 N–H and O–H groups in total. The van der Waals surface area contributed by atoms with Crippen LogP contribution in [0.3, 0.4) is 0 Å². The summed E-state index contributed by atoms with van der Waals surface area (Å²) in [5.74, 6) is -0.0676. The molecule has 1 atom stereocenters. The lowest BCUT2D eigenvalue weighted by Crippen LogP contribution is -2.54. The second-order valence-electron chi connectivity index (χ2n) is 4.90. The van der Waals surface area contributed by atoms with Gasteiger partial charge in [0.05, 0.1) is 34.6 Å². The van der Waals surface area contributed by atoms with Crippen LogP contribution < -0.4 is 16.0 Å². The number of rotatable bonds is 4. The van der Waals surface area contributed by atoms with Crippen LogP contribution in [0, 0.1) is 0 Å². The molecule has 0 aromatic heterocycles. The second kappa shape index (κ2) is 7.20. The van der Waals surface area contributed by atoms with E-state index in [1.165, 1.54) is 0 Å². The van der Waals surface area contributed by atoms with Gasteiger partial charge in [0.25, 0.3) is 0 Å². The standard InChI is InChI=1S/C14H19Cl2N3O2/c1-2-3-18-14(20)13-8-21-5-4-19(13)12-7-10(16)9(15)6-11(12)17/h6-7,13H,2-5,8,17H2,1H3,(H,18,20). The predicted molar refractivity (Wildman–Crippen MR) is 86.1 cm³/mol. The van der Waals surface area contributed by atoms with Crippen LogP contribution in [0.4, 0.5) is 11.4 Å². The summed E-state index contributed by atoms with van der Waals surface area (Å²) in [7, 11) is 0. The minimum Gasteiger partial charge on any atom is -0.397 e. The maximum atomic E-state index is 12.3. The van der Waals surface area contributed by atoms with Crippen molar-refractivity contribution in [3.8, 4) is 0 Å². The molecule has 21 heavy (non-hydrogen) atoms. The van der Waals surface area contributed by atoms with E-state index in [4.69, 9.17) is 33.7 Å². The van der Waals surface area contributed by atoms with Gasteiger partial charge >= 0.3 is 0 Å². The minimum absolute atomic E-state index is 0.0676. The molecular weight excluding hydrogens is 313 g/mol. The van der Waals surface area contributed by atoms with Gasteiger partial charge in [-0.3, -0.25) is 4.79 Å². The lowest BCUT2D eigenvalue weighted by atomic mass is 10.1. The number of anilines is 2. The molecular formula is C14H19Cl2N3O2. The van der Waals surface area contributed by atoms with Crippen molar-refractivity contribution in [2.75, 3.05) is 36.9 Å². The molecule has 1 aliphatic rings. The van der Waals surface area contributed by atoms with E-state index in [-0.39, 0.29) is 5.91 Å². The molecule has 1 aromatic carbocycles. The number of hydrogen-bond donors (Lipinski definition) is 2. The third-order valence-corrected chi connectivity index (χ3v) is 4.08. The number of carbonyl (C=O) groups excluding carboxylic acids is 1. The van der Waals surface area contributed by atoms with Crippen molar-refractivity contribution >= 4 is 40.5 Å². The van der Waals surface area contributed by atoms with Crippen LogP contribution in [-0.2, 0) is 9.53 Å². The Kier molecular flexibility index (Phi) is 5.56. The van der Waals surface area contributed by atoms with Crippen LogP contribution in [-0.4, -0.2) is 38.3 Å². The molecule has 1 amide bonds. The van der Waals surface area contributed by atoms with Gasteiger partial charge in [-0.25, -0.2) is 0 Å². The fraction of sp³-hybridized carbons (Fsp3) is 0.500. The molecule has 2 rings (SSSR count). The summed E-state index contributed by atoms with van der Waals surface area (Å²) in [5, 5.41) is 3.70. The Morgan fingerprint density at radius 2 is 2.19 bits per heavy atom. The number of hydrogen-bond acceptors (Lipinski definition) is 4. The van der Waals surface area contributed by atoms with E-state index in [2.05, 4.69) is 5.32 Å². The van der Waals surface area contributed by atoms with E-state index in [0.717, 1.165) is 6.42 Å². The molecule has 1 aliphatic heterocycles. The first-order valence-corrected chi connectivity index (χ1v) is 7.66. The van der Waals surface area contributed by atoms with Crippen LogP contribution in [0.15, 0.2) is 12.1 Å².